The van der Waals surface area contributed by atoms with Gasteiger partial charge in [-0.25, -0.2) is 18.1 Å². The summed E-state index contributed by atoms with van der Waals surface area (Å²) >= 11 is -0.556. The number of hydrogen-bond donors (Lipinski definition) is 0. The van der Waals surface area contributed by atoms with Crippen molar-refractivity contribution in [1.29, 1.82) is 0 Å². The van der Waals surface area contributed by atoms with Gasteiger partial charge in [-0.2, -0.15) is 17.7 Å². The van der Waals surface area contributed by atoms with E-state index >= 15 is 0 Å². The third-order valence-corrected chi connectivity index (χ3v) is 8.28. The molecule has 4 rings (SSSR count). The van der Waals surface area contributed by atoms with Gasteiger partial charge in [0.25, 0.3) is 0 Å². The van der Waals surface area contributed by atoms with E-state index < -0.39 is 17.0 Å². The standard InChI is InChI=1S/2C15H23.2ClH.Ti/c2*1-11(2)14-9-8-12(3)10-15(14)13-6-4-5-7-13;;;/h2*4-7,11-12,14-15H,8-10H2,1-3H3;2*1H;/q-5;-1;;;+2/p-2. The van der Waals surface area contributed by atoms with Crippen LogP contribution in [0, 0.1) is 35.5 Å². The van der Waals surface area contributed by atoms with Crippen LogP contribution in [0.25, 0.3) is 0 Å². The summed E-state index contributed by atoms with van der Waals surface area (Å²) in [6.07, 6.45) is 8.50. The van der Waals surface area contributed by atoms with Crippen molar-refractivity contribution < 1.29 is 17.0 Å². The minimum atomic E-state index is -0.556. The first-order valence-corrected chi connectivity index (χ1v) is 17.5. The summed E-state index contributed by atoms with van der Waals surface area (Å²) in [5.74, 6) is 6.95. The van der Waals surface area contributed by atoms with Gasteiger partial charge in [0.15, 0.2) is 0 Å². The van der Waals surface area contributed by atoms with Crippen LogP contribution in [0.15, 0.2) is 48.5 Å². The molecule has 2 saturated carbocycles. The monoisotopic (exact) mass is 524 g/mol. The molecule has 2 aromatic rings. The molecule has 0 aliphatic heterocycles. The maximum atomic E-state index is 4.89. The van der Waals surface area contributed by atoms with E-state index in [1.54, 1.807) is 11.1 Å². The van der Waals surface area contributed by atoms with Gasteiger partial charge in [0.2, 0.25) is 0 Å². The number of rotatable bonds is 4. The summed E-state index contributed by atoms with van der Waals surface area (Å²) in [4.78, 5) is 0. The second-order valence-corrected chi connectivity index (χ2v) is 14.0. The van der Waals surface area contributed by atoms with Crippen molar-refractivity contribution in [3.63, 3.8) is 0 Å². The fourth-order valence-corrected chi connectivity index (χ4v) is 6.44. The average Bonchev–Trinajstić information content (AvgIpc) is 3.49. The van der Waals surface area contributed by atoms with Crippen LogP contribution in [0.1, 0.15) is 103 Å². The Labute approximate surface area is 221 Å². The molecule has 2 aromatic carbocycles. The van der Waals surface area contributed by atoms with Crippen molar-refractivity contribution in [1.82, 2.24) is 0 Å². The molecule has 3 heteroatoms. The molecule has 0 amide bonds. The van der Waals surface area contributed by atoms with Crippen molar-refractivity contribution in [2.24, 2.45) is 35.5 Å². The molecule has 33 heavy (non-hydrogen) atoms. The van der Waals surface area contributed by atoms with Crippen LogP contribution >= 0.6 is 18.6 Å². The predicted octanol–water partition coefficient (Wildman–Crippen LogP) is 10.5. The maximum absolute atomic E-state index is 4.89. The third kappa shape index (κ3) is 9.18. The van der Waals surface area contributed by atoms with E-state index in [0.29, 0.717) is 0 Å². The molecule has 0 bridgehead atoms. The second-order valence-electron chi connectivity index (χ2n) is 11.4. The molecule has 2 aliphatic carbocycles. The van der Waals surface area contributed by atoms with E-state index in [2.05, 4.69) is 90.1 Å². The van der Waals surface area contributed by atoms with E-state index in [0.717, 1.165) is 47.3 Å². The van der Waals surface area contributed by atoms with Gasteiger partial charge in [-0.1, -0.05) is 91.9 Å². The second kappa shape index (κ2) is 15.2. The van der Waals surface area contributed by atoms with Gasteiger partial charge < -0.3 is 29.8 Å². The Morgan fingerprint density at radius 3 is 1.64 bits per heavy atom. The summed E-state index contributed by atoms with van der Waals surface area (Å²) in [5, 5.41) is 0. The predicted molar refractivity (Wildman–Crippen MR) is 144 cm³/mol. The Morgan fingerprint density at radius 2 is 1.18 bits per heavy atom. The van der Waals surface area contributed by atoms with Gasteiger partial charge in [-0.05, 0) is 29.6 Å². The van der Waals surface area contributed by atoms with Crippen molar-refractivity contribution >= 4 is 18.6 Å². The molecular formula is C30H46Cl2Ti-6. The van der Waals surface area contributed by atoms with E-state index in [4.69, 9.17) is 18.6 Å². The average molecular weight is 525 g/mol. The van der Waals surface area contributed by atoms with Crippen molar-refractivity contribution in [2.45, 2.75) is 91.9 Å². The van der Waals surface area contributed by atoms with Crippen LogP contribution in [0.2, 0.25) is 0 Å². The van der Waals surface area contributed by atoms with Gasteiger partial charge in [0.05, 0.1) is 0 Å². The van der Waals surface area contributed by atoms with Crippen LogP contribution in [0.3, 0.4) is 0 Å². The van der Waals surface area contributed by atoms with Gasteiger partial charge >= 0.3 is 35.6 Å². The zero-order valence-electron chi connectivity index (χ0n) is 21.7. The number of halogens is 2. The van der Waals surface area contributed by atoms with E-state index in [1.165, 1.54) is 38.5 Å². The van der Waals surface area contributed by atoms with Gasteiger partial charge in [0, 0.05) is 0 Å². The van der Waals surface area contributed by atoms with Crippen molar-refractivity contribution in [2.75, 3.05) is 0 Å². The molecule has 0 N–H and O–H groups in total. The summed E-state index contributed by atoms with van der Waals surface area (Å²) in [5.41, 5.74) is 3.17. The molecule has 0 radical (unpaired) electrons. The first kappa shape index (κ1) is 29.2. The normalized spacial score (nSPS) is 29.6. The Morgan fingerprint density at radius 1 is 0.758 bits per heavy atom. The fourth-order valence-electron chi connectivity index (χ4n) is 6.44. The summed E-state index contributed by atoms with van der Waals surface area (Å²) in [6, 6.07) is 18.0. The van der Waals surface area contributed by atoms with Gasteiger partial charge in [0.1, 0.15) is 0 Å². The molecule has 6 atom stereocenters. The number of hydrogen-bond acceptors (Lipinski definition) is 0. The Hall–Kier alpha value is -0.00571. The molecule has 0 aromatic heterocycles. The van der Waals surface area contributed by atoms with Gasteiger partial charge in [-0.15, -0.1) is 0 Å². The van der Waals surface area contributed by atoms with Crippen LogP contribution in [-0.4, -0.2) is 0 Å². The van der Waals surface area contributed by atoms with Crippen molar-refractivity contribution in [3.05, 3.63) is 59.7 Å². The summed E-state index contributed by atoms with van der Waals surface area (Å²) in [7, 11) is 9.78. The fraction of sp³-hybridized carbons (Fsp3) is 0.667. The molecule has 2 fully saturated rings. The quantitative estimate of drug-likeness (QED) is 0.275. The first-order chi connectivity index (χ1) is 15.8. The molecule has 6 unspecified atom stereocenters. The van der Waals surface area contributed by atoms with E-state index in [1.807, 2.05) is 0 Å². The van der Waals surface area contributed by atoms with Crippen LogP contribution in [-0.2, 0) is 17.0 Å². The molecule has 0 heterocycles. The van der Waals surface area contributed by atoms with Crippen LogP contribution < -0.4 is 0 Å². The van der Waals surface area contributed by atoms with E-state index in [9.17, 15) is 0 Å². The molecule has 0 spiro atoms. The molecule has 0 saturated heterocycles. The summed E-state index contributed by atoms with van der Waals surface area (Å²) in [6.45, 7) is 14.4. The Balaban J connectivity index is 0.000000209. The topological polar surface area (TPSA) is 0 Å². The molecule has 190 valence electrons. The van der Waals surface area contributed by atoms with Gasteiger partial charge in [-0.3, -0.25) is 0 Å². The molecular weight excluding hydrogens is 479 g/mol. The summed E-state index contributed by atoms with van der Waals surface area (Å²) < 4.78 is 0. The Bertz CT molecular complexity index is 656. The zero-order chi connectivity index (χ0) is 24.4. The van der Waals surface area contributed by atoms with Crippen LogP contribution in [0.4, 0.5) is 0 Å². The third-order valence-electron chi connectivity index (χ3n) is 8.28. The SMILES string of the molecule is CC1CCC(C(C)C)C([c-]2[cH-][cH-][cH-][cH-]2)C1.CC1CCC(C(C)C)C([c-]2cccc2)C1.[Cl][Ti][Cl]. The van der Waals surface area contributed by atoms with Crippen LogP contribution in [0.5, 0.6) is 0 Å². The molecule has 2 aliphatic rings. The van der Waals surface area contributed by atoms with E-state index in [-0.39, 0.29) is 0 Å². The zero-order valence-corrected chi connectivity index (χ0v) is 24.8. The molecule has 0 nitrogen and oxygen atoms in total. The first-order valence-electron chi connectivity index (χ1n) is 13.2. The minimum absolute atomic E-state index is 0.556. The Kier molecular flexibility index (Phi) is 13.4. The van der Waals surface area contributed by atoms with Crippen molar-refractivity contribution in [3.8, 4) is 0 Å².